The SMILES string of the molecule is O.O=C(O)BC1CC1. The first-order valence-electron chi connectivity index (χ1n) is 2.51. The average Bonchev–Trinajstić information content (AvgIpc) is 2.17. The molecule has 0 aromatic carbocycles. The van der Waals surface area contributed by atoms with Crippen LogP contribution in [0, 0.1) is 0 Å². The molecule has 1 rings (SSSR count). The summed E-state index contributed by atoms with van der Waals surface area (Å²) < 4.78 is 0. The van der Waals surface area contributed by atoms with Crippen molar-refractivity contribution in [1.29, 1.82) is 0 Å². The standard InChI is InChI=1S/C4H7BO2.H2O/c6-4(7)5-3-1-2-3;/h3,5H,1-2H2,(H,6,7);1H2. The molecule has 4 heteroatoms. The molecule has 46 valence electrons. The van der Waals surface area contributed by atoms with E-state index in [0.29, 0.717) is 13.1 Å². The molecule has 0 aliphatic heterocycles. The molecule has 3 nitrogen and oxygen atoms in total. The van der Waals surface area contributed by atoms with Crippen LogP contribution >= 0.6 is 0 Å². The number of rotatable bonds is 2. The second-order valence-electron chi connectivity index (χ2n) is 2.04. The Morgan fingerprint density at radius 3 is 2.25 bits per heavy atom. The fourth-order valence-corrected chi connectivity index (χ4v) is 0.569. The summed E-state index contributed by atoms with van der Waals surface area (Å²) in [7, 11) is 0.389. The number of hydrogen-bond acceptors (Lipinski definition) is 1. The summed E-state index contributed by atoms with van der Waals surface area (Å²) in [4.78, 5) is 9.85. The molecule has 0 amide bonds. The van der Waals surface area contributed by atoms with Gasteiger partial charge in [0.15, 0.2) is 0 Å². The molecular weight excluding hydrogens is 107 g/mol. The van der Waals surface area contributed by atoms with Gasteiger partial charge in [-0.15, -0.1) is 0 Å². The van der Waals surface area contributed by atoms with E-state index in [0.717, 1.165) is 12.8 Å². The highest BCUT2D eigenvalue weighted by Gasteiger charge is 2.25. The topological polar surface area (TPSA) is 68.8 Å². The lowest BCUT2D eigenvalue weighted by Gasteiger charge is -1.79. The van der Waals surface area contributed by atoms with Crippen molar-refractivity contribution in [1.82, 2.24) is 0 Å². The third-order valence-corrected chi connectivity index (χ3v) is 1.16. The summed E-state index contributed by atoms with van der Waals surface area (Å²) in [6, 6.07) is 0. The molecule has 0 radical (unpaired) electrons. The van der Waals surface area contributed by atoms with Crippen molar-refractivity contribution in [2.75, 3.05) is 0 Å². The maximum atomic E-state index is 9.85. The maximum absolute atomic E-state index is 9.85. The molecule has 1 fully saturated rings. The Balaban J connectivity index is 0.000000490. The van der Waals surface area contributed by atoms with Crippen LogP contribution in [-0.4, -0.2) is 23.7 Å². The maximum Gasteiger partial charge on any atom is 0.263 e. The lowest BCUT2D eigenvalue weighted by molar-refractivity contribution is 0.219. The zero-order valence-electron chi connectivity index (χ0n) is 4.55. The summed E-state index contributed by atoms with van der Waals surface area (Å²) in [6.07, 6.45) is 2.26. The summed E-state index contributed by atoms with van der Waals surface area (Å²) >= 11 is 0. The van der Waals surface area contributed by atoms with Crippen molar-refractivity contribution in [3.05, 3.63) is 0 Å². The molecule has 3 N–H and O–H groups in total. The van der Waals surface area contributed by atoms with Gasteiger partial charge in [0, 0.05) is 0 Å². The third-order valence-electron chi connectivity index (χ3n) is 1.16. The van der Waals surface area contributed by atoms with Crippen molar-refractivity contribution in [2.24, 2.45) is 0 Å². The van der Waals surface area contributed by atoms with Crippen LogP contribution in [0.1, 0.15) is 12.8 Å². The third kappa shape index (κ3) is 2.63. The van der Waals surface area contributed by atoms with Gasteiger partial charge in [0.2, 0.25) is 5.87 Å². The Labute approximate surface area is 48.3 Å². The second kappa shape index (κ2) is 2.72. The van der Waals surface area contributed by atoms with Crippen molar-refractivity contribution in [3.63, 3.8) is 0 Å². The van der Waals surface area contributed by atoms with Gasteiger partial charge in [0.25, 0.3) is 7.28 Å². The molecule has 0 unspecified atom stereocenters. The Hall–Kier alpha value is -0.505. The van der Waals surface area contributed by atoms with Gasteiger partial charge in [-0.05, 0) is 0 Å². The van der Waals surface area contributed by atoms with E-state index in [1.807, 2.05) is 0 Å². The molecule has 1 aliphatic carbocycles. The van der Waals surface area contributed by atoms with Gasteiger partial charge >= 0.3 is 0 Å². The average molecular weight is 116 g/mol. The van der Waals surface area contributed by atoms with Crippen LogP contribution in [0.25, 0.3) is 0 Å². The minimum atomic E-state index is -0.650. The van der Waals surface area contributed by atoms with Crippen LogP contribution < -0.4 is 0 Å². The Morgan fingerprint density at radius 1 is 1.62 bits per heavy atom. The highest BCUT2D eigenvalue weighted by molar-refractivity contribution is 6.73. The van der Waals surface area contributed by atoms with Gasteiger partial charge in [-0.3, -0.25) is 4.79 Å². The first kappa shape index (κ1) is 7.49. The minimum absolute atomic E-state index is 0. The van der Waals surface area contributed by atoms with Crippen molar-refractivity contribution in [2.45, 2.75) is 18.7 Å². The molecule has 0 saturated heterocycles. The zero-order chi connectivity index (χ0) is 5.28. The van der Waals surface area contributed by atoms with E-state index in [2.05, 4.69) is 0 Å². The molecule has 1 aliphatic rings. The molecule has 0 bridgehead atoms. The molecule has 0 aromatic rings. The van der Waals surface area contributed by atoms with E-state index in [1.54, 1.807) is 0 Å². The fraction of sp³-hybridized carbons (Fsp3) is 0.750. The Kier molecular flexibility index (Phi) is 2.55. The van der Waals surface area contributed by atoms with Gasteiger partial charge in [-0.25, -0.2) is 0 Å². The van der Waals surface area contributed by atoms with Crippen LogP contribution in [0.4, 0.5) is 4.79 Å². The lowest BCUT2D eigenvalue weighted by atomic mass is 9.73. The van der Waals surface area contributed by atoms with Crippen LogP contribution in [0.5, 0.6) is 0 Å². The van der Waals surface area contributed by atoms with E-state index < -0.39 is 5.87 Å². The first-order valence-corrected chi connectivity index (χ1v) is 2.51. The van der Waals surface area contributed by atoms with Crippen LogP contribution in [0.3, 0.4) is 0 Å². The highest BCUT2D eigenvalue weighted by atomic mass is 16.4. The normalized spacial score (nSPS) is 16.5. The lowest BCUT2D eigenvalue weighted by Crippen LogP contribution is -2.03. The highest BCUT2D eigenvalue weighted by Crippen LogP contribution is 2.34. The number of hydrogen-bond donors (Lipinski definition) is 1. The van der Waals surface area contributed by atoms with E-state index in [1.165, 1.54) is 0 Å². The summed E-state index contributed by atoms with van der Waals surface area (Å²) in [6.45, 7) is 0. The van der Waals surface area contributed by atoms with Gasteiger partial charge in [-0.1, -0.05) is 18.7 Å². The largest absolute Gasteiger partial charge is 0.489 e. The molecule has 8 heavy (non-hydrogen) atoms. The van der Waals surface area contributed by atoms with E-state index in [4.69, 9.17) is 5.11 Å². The van der Waals surface area contributed by atoms with Crippen LogP contribution in [-0.2, 0) is 0 Å². The fourth-order valence-electron chi connectivity index (χ4n) is 0.569. The van der Waals surface area contributed by atoms with Gasteiger partial charge in [0.05, 0.1) is 0 Å². The number of carbonyl (C=O) groups is 1. The van der Waals surface area contributed by atoms with Crippen LogP contribution in [0.15, 0.2) is 0 Å². The minimum Gasteiger partial charge on any atom is -0.489 e. The summed E-state index contributed by atoms with van der Waals surface area (Å²) in [5.74, 6) is -0.125. The van der Waals surface area contributed by atoms with E-state index >= 15 is 0 Å². The smallest absolute Gasteiger partial charge is 0.263 e. The molecular formula is C4H9BO3. The molecule has 0 aromatic heterocycles. The molecule has 0 heterocycles. The Morgan fingerprint density at radius 2 is 2.12 bits per heavy atom. The van der Waals surface area contributed by atoms with Gasteiger partial charge in [0.1, 0.15) is 0 Å². The first-order chi connectivity index (χ1) is 3.29. The zero-order valence-corrected chi connectivity index (χ0v) is 4.55. The van der Waals surface area contributed by atoms with Gasteiger partial charge < -0.3 is 10.6 Å². The molecule has 0 spiro atoms. The van der Waals surface area contributed by atoms with Crippen molar-refractivity contribution in [3.8, 4) is 0 Å². The summed E-state index contributed by atoms with van der Waals surface area (Å²) in [5, 5.41) is 8.12. The predicted octanol–water partition coefficient (Wildman–Crippen LogP) is -0.141. The van der Waals surface area contributed by atoms with E-state index in [9.17, 15) is 4.79 Å². The number of carboxylic acid groups (broad SMARTS) is 1. The monoisotopic (exact) mass is 116 g/mol. The van der Waals surface area contributed by atoms with E-state index in [-0.39, 0.29) is 5.48 Å². The second-order valence-corrected chi connectivity index (χ2v) is 2.04. The van der Waals surface area contributed by atoms with Gasteiger partial charge in [-0.2, -0.15) is 0 Å². The molecule has 0 atom stereocenters. The Bertz CT molecular complexity index is 89.3. The van der Waals surface area contributed by atoms with Crippen molar-refractivity contribution < 1.29 is 15.4 Å². The van der Waals surface area contributed by atoms with Crippen LogP contribution in [0.2, 0.25) is 5.82 Å². The molecule has 1 saturated carbocycles. The quantitative estimate of drug-likeness (QED) is 0.510. The summed E-state index contributed by atoms with van der Waals surface area (Å²) in [5.41, 5.74) is 0. The predicted molar refractivity (Wildman–Crippen MR) is 31.8 cm³/mol. The van der Waals surface area contributed by atoms with Crippen molar-refractivity contribution >= 4 is 13.1 Å².